The number of nitrogens with zero attached hydrogens (tertiary/aromatic N) is 1. The van der Waals surface area contributed by atoms with Crippen molar-refractivity contribution in [2.75, 3.05) is 5.75 Å². The summed E-state index contributed by atoms with van der Waals surface area (Å²) in [6, 6.07) is 18.9. The molecule has 0 bridgehead atoms. The molecule has 9 nitrogen and oxygen atoms in total. The summed E-state index contributed by atoms with van der Waals surface area (Å²) in [7, 11) is 0. The van der Waals surface area contributed by atoms with Gasteiger partial charge in [-0.15, -0.1) is 23.1 Å². The van der Waals surface area contributed by atoms with Gasteiger partial charge in [-0.1, -0.05) is 36.4 Å². The molecular formula is C34H38N4O5S2. The highest BCUT2D eigenvalue weighted by atomic mass is 32.2. The first-order chi connectivity index (χ1) is 21.4. The molecule has 0 unspecified atom stereocenters. The van der Waals surface area contributed by atoms with Crippen LogP contribution in [0.5, 0.6) is 0 Å². The lowest BCUT2D eigenvalue weighted by molar-refractivity contribution is -0.126. The quantitative estimate of drug-likeness (QED) is 0.144. The van der Waals surface area contributed by atoms with E-state index < -0.39 is 41.2 Å². The number of nitrogens with two attached hydrogens (primary N) is 1. The van der Waals surface area contributed by atoms with E-state index in [0.29, 0.717) is 21.8 Å². The molecule has 0 saturated carbocycles. The summed E-state index contributed by atoms with van der Waals surface area (Å²) in [6.45, 7) is 5.67. The van der Waals surface area contributed by atoms with Crippen molar-refractivity contribution in [3.8, 4) is 0 Å². The first-order valence-corrected chi connectivity index (χ1v) is 16.4. The Labute approximate surface area is 271 Å². The van der Waals surface area contributed by atoms with Gasteiger partial charge in [0.05, 0.1) is 23.4 Å². The third-order valence-corrected chi connectivity index (χ3v) is 9.32. The number of primary amides is 1. The molecule has 0 aliphatic carbocycles. The largest absolute Gasteiger partial charge is 0.392 e. The molecule has 3 atom stereocenters. The number of aliphatic hydroxyl groups is 1. The minimum Gasteiger partial charge on any atom is -0.392 e. The topological polar surface area (TPSA) is 151 Å². The van der Waals surface area contributed by atoms with Crippen LogP contribution in [0.15, 0.2) is 84.0 Å². The molecule has 0 spiro atoms. The number of amides is 3. The van der Waals surface area contributed by atoms with E-state index in [2.05, 4.69) is 15.6 Å². The molecular weight excluding hydrogens is 609 g/mol. The van der Waals surface area contributed by atoms with Crippen molar-refractivity contribution in [2.45, 2.75) is 62.6 Å². The average molecular weight is 647 g/mol. The molecule has 236 valence electrons. The highest BCUT2D eigenvalue weighted by Gasteiger charge is 2.30. The van der Waals surface area contributed by atoms with E-state index in [9.17, 15) is 24.3 Å². The van der Waals surface area contributed by atoms with E-state index in [0.717, 1.165) is 15.0 Å². The summed E-state index contributed by atoms with van der Waals surface area (Å²) in [5.74, 6) is -2.12. The summed E-state index contributed by atoms with van der Waals surface area (Å²) < 4.78 is 0.924. The molecule has 3 amide bonds. The number of nitrogens with one attached hydrogen (secondary N) is 2. The predicted molar refractivity (Wildman–Crippen MR) is 178 cm³/mol. The van der Waals surface area contributed by atoms with Crippen molar-refractivity contribution in [1.29, 1.82) is 0 Å². The Balaban J connectivity index is 1.54. The van der Waals surface area contributed by atoms with Crippen LogP contribution in [0.2, 0.25) is 0 Å². The average Bonchev–Trinajstić information content (AvgIpc) is 3.43. The summed E-state index contributed by atoms with van der Waals surface area (Å²) in [6.07, 6.45) is 1.96. The second kappa shape index (κ2) is 15.3. The van der Waals surface area contributed by atoms with E-state index >= 15 is 0 Å². The van der Waals surface area contributed by atoms with Gasteiger partial charge in [0.2, 0.25) is 5.91 Å². The Hall–Kier alpha value is -4.06. The summed E-state index contributed by atoms with van der Waals surface area (Å²) in [5.41, 5.74) is 6.12. The molecule has 5 N–H and O–H groups in total. The van der Waals surface area contributed by atoms with Gasteiger partial charge in [0.15, 0.2) is 5.78 Å². The molecule has 4 rings (SSSR count). The number of Topliss-reactive ketones (excluding diaryl/α,β-unsaturated/α-hetero) is 1. The smallest absolute Gasteiger partial charge is 0.261 e. The van der Waals surface area contributed by atoms with Crippen LogP contribution < -0.4 is 16.4 Å². The van der Waals surface area contributed by atoms with Gasteiger partial charge in [0, 0.05) is 51.2 Å². The number of thiophene rings is 1. The second-order valence-electron chi connectivity index (χ2n) is 11.9. The molecule has 11 heteroatoms. The number of fused-ring (bicyclic) bond motifs is 1. The maximum Gasteiger partial charge on any atom is 0.261 e. The van der Waals surface area contributed by atoms with Gasteiger partial charge >= 0.3 is 0 Å². The first kappa shape index (κ1) is 33.8. The monoisotopic (exact) mass is 646 g/mol. The number of benzene rings is 2. The minimum atomic E-state index is -1.16. The number of pyridine rings is 1. The number of carbonyl (C=O) groups is 4. The lowest BCUT2D eigenvalue weighted by atomic mass is 9.89. The fraction of sp³-hybridized carbons (Fsp3) is 0.324. The number of rotatable bonds is 14. The zero-order valence-corrected chi connectivity index (χ0v) is 27.1. The molecule has 2 heterocycles. The second-order valence-corrected chi connectivity index (χ2v) is 14.1. The SMILES string of the molecule is CC(C)(C)NC(=O)c1ccccc1C[C@@H](O)[C@H](CSc1cccnc1)CC(=O)[C@H](CC(N)=O)NC(=O)c1cc2ccccc2s1. The van der Waals surface area contributed by atoms with Crippen molar-refractivity contribution >= 4 is 56.7 Å². The Morgan fingerprint density at radius 3 is 2.40 bits per heavy atom. The Bertz CT molecular complexity index is 1620. The summed E-state index contributed by atoms with van der Waals surface area (Å²) >= 11 is 2.72. The van der Waals surface area contributed by atoms with E-state index in [1.54, 1.807) is 48.8 Å². The van der Waals surface area contributed by atoms with E-state index in [-0.39, 0.29) is 25.2 Å². The normalized spacial score (nSPS) is 13.5. The number of aromatic nitrogens is 1. The molecule has 0 aliphatic rings. The van der Waals surface area contributed by atoms with E-state index in [4.69, 9.17) is 5.73 Å². The molecule has 45 heavy (non-hydrogen) atoms. The van der Waals surface area contributed by atoms with Crippen LogP contribution in [0.4, 0.5) is 0 Å². The van der Waals surface area contributed by atoms with Crippen LogP contribution in [0.1, 0.15) is 59.2 Å². The number of hydrogen-bond donors (Lipinski definition) is 4. The van der Waals surface area contributed by atoms with E-state index in [1.807, 2.05) is 51.1 Å². The highest BCUT2D eigenvalue weighted by Crippen LogP contribution is 2.28. The third kappa shape index (κ3) is 9.97. The lowest BCUT2D eigenvalue weighted by Crippen LogP contribution is -2.44. The predicted octanol–water partition coefficient (Wildman–Crippen LogP) is 4.77. The zero-order chi connectivity index (χ0) is 32.6. The maximum absolute atomic E-state index is 13.7. The van der Waals surface area contributed by atoms with Crippen LogP contribution in [0, 0.1) is 5.92 Å². The number of thioether (sulfide) groups is 1. The van der Waals surface area contributed by atoms with Gasteiger partial charge in [-0.05, 0) is 68.5 Å². The van der Waals surface area contributed by atoms with Crippen molar-refractivity contribution < 1.29 is 24.3 Å². The van der Waals surface area contributed by atoms with Crippen LogP contribution >= 0.6 is 23.1 Å². The van der Waals surface area contributed by atoms with E-state index in [1.165, 1.54) is 23.1 Å². The fourth-order valence-electron chi connectivity index (χ4n) is 4.83. The fourth-order valence-corrected chi connectivity index (χ4v) is 6.85. The molecule has 2 aromatic carbocycles. The minimum absolute atomic E-state index is 0.119. The number of carbonyl (C=O) groups excluding carboxylic acids is 4. The van der Waals surface area contributed by atoms with Gasteiger partial charge < -0.3 is 21.5 Å². The third-order valence-electron chi connectivity index (χ3n) is 7.03. The van der Waals surface area contributed by atoms with Crippen molar-refractivity contribution in [3.05, 3.63) is 95.1 Å². The maximum atomic E-state index is 13.7. The summed E-state index contributed by atoms with van der Waals surface area (Å²) in [4.78, 5) is 57.3. The molecule has 4 aromatic rings. The standard InChI is InChI=1S/C34H38N4O5S2/c1-34(2,3)38-32(42)25-12-6-4-9-21(25)15-27(39)23(20-44-24-11-8-14-36-19-24)16-28(40)26(18-31(35)41)37-33(43)30-17-22-10-5-7-13-29(22)45-30/h4-14,17,19,23,26-27,39H,15-16,18,20H2,1-3H3,(H2,35,41)(H,37,43)(H,38,42)/t23-,26-,27+/m0/s1. The molecule has 0 radical (unpaired) electrons. The molecule has 0 saturated heterocycles. The lowest BCUT2D eigenvalue weighted by Gasteiger charge is -2.26. The van der Waals surface area contributed by atoms with Gasteiger partial charge in [0.1, 0.15) is 0 Å². The molecule has 0 fully saturated rings. The Morgan fingerprint density at radius 1 is 0.978 bits per heavy atom. The van der Waals surface area contributed by atoms with Crippen molar-refractivity contribution in [2.24, 2.45) is 11.7 Å². The zero-order valence-electron chi connectivity index (χ0n) is 25.5. The van der Waals surface area contributed by atoms with Crippen molar-refractivity contribution in [1.82, 2.24) is 15.6 Å². The number of hydrogen-bond acceptors (Lipinski definition) is 8. The van der Waals surface area contributed by atoms with Gasteiger partial charge in [-0.2, -0.15) is 0 Å². The highest BCUT2D eigenvalue weighted by molar-refractivity contribution is 7.99. The van der Waals surface area contributed by atoms with Crippen LogP contribution in [-0.4, -0.2) is 57.0 Å². The number of ketones is 1. The van der Waals surface area contributed by atoms with Gasteiger partial charge in [-0.25, -0.2) is 0 Å². The summed E-state index contributed by atoms with van der Waals surface area (Å²) in [5, 5.41) is 18.1. The van der Waals surface area contributed by atoms with Gasteiger partial charge in [0.25, 0.3) is 11.8 Å². The van der Waals surface area contributed by atoms with Crippen molar-refractivity contribution in [3.63, 3.8) is 0 Å². The molecule has 2 aromatic heterocycles. The number of aliphatic hydroxyl groups excluding tert-OH is 1. The molecule has 0 aliphatic heterocycles. The Kier molecular flexibility index (Phi) is 11.5. The van der Waals surface area contributed by atoms with Crippen LogP contribution in [-0.2, 0) is 16.0 Å². The Morgan fingerprint density at radius 2 is 1.71 bits per heavy atom. The van der Waals surface area contributed by atoms with Crippen LogP contribution in [0.25, 0.3) is 10.1 Å². The van der Waals surface area contributed by atoms with Crippen LogP contribution in [0.3, 0.4) is 0 Å². The van der Waals surface area contributed by atoms with Gasteiger partial charge in [-0.3, -0.25) is 24.2 Å². The first-order valence-electron chi connectivity index (χ1n) is 14.6.